The van der Waals surface area contributed by atoms with Crippen molar-refractivity contribution in [3.8, 4) is 0 Å². The van der Waals surface area contributed by atoms with Gasteiger partial charge in [-0.2, -0.15) is 0 Å². The molecule has 2 aliphatic rings. The number of rotatable bonds is 6. The molecule has 0 radical (unpaired) electrons. The van der Waals surface area contributed by atoms with Crippen LogP contribution < -0.4 is 4.72 Å². The van der Waals surface area contributed by atoms with E-state index in [2.05, 4.69) is 26.6 Å². The molecule has 0 aromatic carbocycles. The van der Waals surface area contributed by atoms with Crippen molar-refractivity contribution in [2.45, 2.75) is 56.7 Å². The fraction of sp³-hybridized carbons (Fsp3) is 0.765. The monoisotopic (exact) mass is 352 g/mol. The smallest absolute Gasteiger partial charge is 0.214 e. The molecule has 1 aliphatic heterocycles. The second-order valence-electron chi connectivity index (χ2n) is 7.22. The highest BCUT2D eigenvalue weighted by molar-refractivity contribution is 7.90. The van der Waals surface area contributed by atoms with Crippen molar-refractivity contribution < 1.29 is 8.42 Å². The second-order valence-corrected chi connectivity index (χ2v) is 9.27. The third-order valence-corrected chi connectivity index (χ3v) is 7.19. The molecular formula is C17H28N4O2S. The quantitative estimate of drug-likeness (QED) is 0.844. The number of sulfonamides is 1. The number of nitrogens with zero attached hydrogens (tertiary/aromatic N) is 3. The van der Waals surface area contributed by atoms with E-state index in [1.54, 1.807) is 12.4 Å². The van der Waals surface area contributed by atoms with Crippen LogP contribution in [0.1, 0.15) is 49.9 Å². The van der Waals surface area contributed by atoms with Crippen molar-refractivity contribution in [2.24, 2.45) is 5.92 Å². The standard InChI is InChI=1S/C17H28N4O2S/c1-21-8-6-14(7-9-21)10-15-11-19-16(12-18-15)13-20-24(22,23)17-4-2-3-5-17/h11-12,14,17,20H,2-10,13H2,1H3. The SMILES string of the molecule is CN1CCC(Cc2cnc(CNS(=O)(=O)C3CCCC3)cn2)CC1. The molecule has 0 atom stereocenters. The Morgan fingerprint density at radius 2 is 1.71 bits per heavy atom. The highest BCUT2D eigenvalue weighted by Gasteiger charge is 2.28. The Kier molecular flexibility index (Phi) is 5.84. The first-order valence-electron chi connectivity index (χ1n) is 9.00. The number of likely N-dealkylation sites (tertiary alicyclic amines) is 1. The maximum atomic E-state index is 12.2. The van der Waals surface area contributed by atoms with Crippen LogP contribution in [0.4, 0.5) is 0 Å². The van der Waals surface area contributed by atoms with Crippen LogP contribution >= 0.6 is 0 Å². The van der Waals surface area contributed by atoms with Crippen LogP contribution in [0.15, 0.2) is 12.4 Å². The van der Waals surface area contributed by atoms with Gasteiger partial charge in [0.15, 0.2) is 0 Å². The summed E-state index contributed by atoms with van der Waals surface area (Å²) in [5, 5.41) is -0.228. The van der Waals surface area contributed by atoms with E-state index in [1.165, 1.54) is 12.8 Å². The first-order valence-corrected chi connectivity index (χ1v) is 10.5. The van der Waals surface area contributed by atoms with Crippen LogP contribution in [0.3, 0.4) is 0 Å². The van der Waals surface area contributed by atoms with E-state index in [0.29, 0.717) is 11.6 Å². The fourth-order valence-electron chi connectivity index (χ4n) is 3.63. The van der Waals surface area contributed by atoms with Crippen molar-refractivity contribution in [3.63, 3.8) is 0 Å². The summed E-state index contributed by atoms with van der Waals surface area (Å²) in [7, 11) is -1.05. The number of aromatic nitrogens is 2. The summed E-state index contributed by atoms with van der Waals surface area (Å²) in [5.41, 5.74) is 1.69. The van der Waals surface area contributed by atoms with Gasteiger partial charge < -0.3 is 4.90 Å². The maximum absolute atomic E-state index is 12.2. The molecule has 1 aromatic rings. The molecule has 3 rings (SSSR count). The van der Waals surface area contributed by atoms with Gasteiger partial charge in [0.05, 0.1) is 29.4 Å². The van der Waals surface area contributed by atoms with E-state index >= 15 is 0 Å². The van der Waals surface area contributed by atoms with E-state index < -0.39 is 10.0 Å². The number of hydrogen-bond acceptors (Lipinski definition) is 5. The van der Waals surface area contributed by atoms with Crippen molar-refractivity contribution in [3.05, 3.63) is 23.8 Å². The lowest BCUT2D eigenvalue weighted by atomic mass is 9.92. The van der Waals surface area contributed by atoms with Gasteiger partial charge in [0, 0.05) is 6.20 Å². The Hall–Kier alpha value is -1.05. The van der Waals surface area contributed by atoms with Crippen LogP contribution in [0, 0.1) is 5.92 Å². The van der Waals surface area contributed by atoms with Crippen LogP contribution in [-0.4, -0.2) is 48.7 Å². The first kappa shape index (κ1) is 17.8. The van der Waals surface area contributed by atoms with Gasteiger partial charge in [-0.15, -0.1) is 0 Å². The van der Waals surface area contributed by atoms with Gasteiger partial charge in [-0.3, -0.25) is 9.97 Å². The average molecular weight is 353 g/mol. The molecule has 2 heterocycles. The highest BCUT2D eigenvalue weighted by atomic mass is 32.2. The Bertz CT molecular complexity index is 618. The van der Waals surface area contributed by atoms with E-state index in [0.717, 1.165) is 50.9 Å². The topological polar surface area (TPSA) is 75.2 Å². The Morgan fingerprint density at radius 1 is 1.08 bits per heavy atom. The largest absolute Gasteiger partial charge is 0.306 e. The van der Waals surface area contributed by atoms with Crippen LogP contribution in [0.25, 0.3) is 0 Å². The van der Waals surface area contributed by atoms with Crippen LogP contribution in [0.2, 0.25) is 0 Å². The van der Waals surface area contributed by atoms with Gasteiger partial charge in [-0.05, 0) is 58.2 Å². The molecule has 1 saturated carbocycles. The predicted molar refractivity (Wildman–Crippen MR) is 94.0 cm³/mol. The van der Waals surface area contributed by atoms with Gasteiger partial charge in [0.2, 0.25) is 10.0 Å². The summed E-state index contributed by atoms with van der Waals surface area (Å²) < 4.78 is 27.1. The third kappa shape index (κ3) is 4.74. The van der Waals surface area contributed by atoms with Gasteiger partial charge in [-0.25, -0.2) is 13.1 Å². The van der Waals surface area contributed by atoms with Crippen molar-refractivity contribution in [1.29, 1.82) is 0 Å². The lowest BCUT2D eigenvalue weighted by Gasteiger charge is -2.28. The molecule has 24 heavy (non-hydrogen) atoms. The van der Waals surface area contributed by atoms with Gasteiger partial charge in [0.25, 0.3) is 0 Å². The molecule has 7 heteroatoms. The number of nitrogens with one attached hydrogen (secondary N) is 1. The zero-order chi connectivity index (χ0) is 17.0. The average Bonchev–Trinajstić information content (AvgIpc) is 3.12. The maximum Gasteiger partial charge on any atom is 0.214 e. The summed E-state index contributed by atoms with van der Waals surface area (Å²) in [6.07, 6.45) is 10.5. The predicted octanol–water partition coefficient (Wildman–Crippen LogP) is 1.72. The van der Waals surface area contributed by atoms with E-state index in [-0.39, 0.29) is 11.8 Å². The lowest BCUT2D eigenvalue weighted by Crippen LogP contribution is -2.32. The summed E-state index contributed by atoms with van der Waals surface area (Å²) in [6, 6.07) is 0. The van der Waals surface area contributed by atoms with Crippen molar-refractivity contribution in [2.75, 3.05) is 20.1 Å². The van der Waals surface area contributed by atoms with Gasteiger partial charge in [0.1, 0.15) is 0 Å². The zero-order valence-corrected chi connectivity index (χ0v) is 15.3. The zero-order valence-electron chi connectivity index (χ0n) is 14.4. The third-order valence-electron chi connectivity index (χ3n) is 5.29. The van der Waals surface area contributed by atoms with Gasteiger partial charge in [-0.1, -0.05) is 12.8 Å². The molecule has 0 unspecified atom stereocenters. The summed E-state index contributed by atoms with van der Waals surface area (Å²) >= 11 is 0. The summed E-state index contributed by atoms with van der Waals surface area (Å²) in [4.78, 5) is 11.2. The Labute approximate surface area is 145 Å². The van der Waals surface area contributed by atoms with E-state index in [9.17, 15) is 8.42 Å². The summed E-state index contributed by atoms with van der Waals surface area (Å²) in [6.45, 7) is 2.54. The van der Waals surface area contributed by atoms with E-state index in [1.807, 2.05) is 0 Å². The highest BCUT2D eigenvalue weighted by Crippen LogP contribution is 2.24. The minimum Gasteiger partial charge on any atom is -0.306 e. The normalized spacial score (nSPS) is 21.4. The van der Waals surface area contributed by atoms with Crippen LogP contribution in [0.5, 0.6) is 0 Å². The molecule has 1 aliphatic carbocycles. The first-order chi connectivity index (χ1) is 11.5. The summed E-state index contributed by atoms with van der Waals surface area (Å²) in [5.74, 6) is 0.683. The molecule has 2 fully saturated rings. The lowest BCUT2D eigenvalue weighted by molar-refractivity contribution is 0.218. The van der Waals surface area contributed by atoms with E-state index in [4.69, 9.17) is 0 Å². The molecule has 1 saturated heterocycles. The molecule has 1 aromatic heterocycles. The molecule has 0 spiro atoms. The van der Waals surface area contributed by atoms with Crippen LogP contribution in [-0.2, 0) is 23.0 Å². The Balaban J connectivity index is 1.49. The molecule has 0 amide bonds. The number of hydrogen-bond donors (Lipinski definition) is 1. The molecule has 1 N–H and O–H groups in total. The second kappa shape index (κ2) is 7.89. The van der Waals surface area contributed by atoms with Crippen molar-refractivity contribution >= 4 is 10.0 Å². The fourth-order valence-corrected chi connectivity index (χ4v) is 5.17. The Morgan fingerprint density at radius 3 is 2.33 bits per heavy atom. The molecule has 6 nitrogen and oxygen atoms in total. The minimum absolute atomic E-state index is 0.228. The molecule has 134 valence electrons. The van der Waals surface area contributed by atoms with Crippen molar-refractivity contribution in [1.82, 2.24) is 19.6 Å². The molecular weight excluding hydrogens is 324 g/mol. The van der Waals surface area contributed by atoms with Gasteiger partial charge >= 0.3 is 0 Å². The number of piperidine rings is 1. The minimum atomic E-state index is -3.22. The molecule has 0 bridgehead atoms.